The molecule has 0 spiro atoms. The molecule has 8 nitrogen and oxygen atoms in total. The van der Waals surface area contributed by atoms with E-state index >= 15 is 0 Å². The van der Waals surface area contributed by atoms with Crippen molar-refractivity contribution < 1.29 is 28.7 Å². The zero-order chi connectivity index (χ0) is 19.3. The molecule has 0 aliphatic heterocycles. The Morgan fingerprint density at radius 3 is 2.54 bits per heavy atom. The minimum atomic E-state index is -1.05. The van der Waals surface area contributed by atoms with Gasteiger partial charge in [-0.15, -0.1) is 0 Å². The van der Waals surface area contributed by atoms with E-state index in [1.807, 2.05) is 6.92 Å². The fraction of sp³-hybridized carbons (Fsp3) is 0.176. The summed E-state index contributed by atoms with van der Waals surface area (Å²) in [6.07, 6.45) is 0. The molecule has 0 bridgehead atoms. The van der Waals surface area contributed by atoms with Crippen LogP contribution in [0, 0.1) is 17.0 Å². The van der Waals surface area contributed by atoms with Crippen molar-refractivity contribution in [1.82, 2.24) is 0 Å². The van der Waals surface area contributed by atoms with Crippen molar-refractivity contribution in [2.75, 3.05) is 13.7 Å². The molecule has 0 aliphatic rings. The number of nitro groups is 1. The van der Waals surface area contributed by atoms with E-state index in [1.165, 1.54) is 6.07 Å². The van der Waals surface area contributed by atoms with Gasteiger partial charge in [-0.1, -0.05) is 17.7 Å². The summed E-state index contributed by atoms with van der Waals surface area (Å²) >= 11 is 6.09. The highest BCUT2D eigenvalue weighted by Crippen LogP contribution is 2.32. The predicted molar refractivity (Wildman–Crippen MR) is 91.7 cm³/mol. The van der Waals surface area contributed by atoms with E-state index in [0.717, 1.165) is 24.8 Å². The van der Waals surface area contributed by atoms with Gasteiger partial charge in [0.05, 0.1) is 17.1 Å². The van der Waals surface area contributed by atoms with Gasteiger partial charge in [0.2, 0.25) is 0 Å². The number of nitro benzene ring substituents is 1. The Balaban J connectivity index is 2.31. The van der Waals surface area contributed by atoms with Gasteiger partial charge < -0.3 is 14.2 Å². The Hall–Kier alpha value is -3.13. The van der Waals surface area contributed by atoms with Crippen LogP contribution in [0.25, 0.3) is 0 Å². The molecular weight excluding hydrogens is 366 g/mol. The molecule has 0 saturated heterocycles. The van der Waals surface area contributed by atoms with Crippen molar-refractivity contribution in [2.24, 2.45) is 0 Å². The second-order valence-corrected chi connectivity index (χ2v) is 5.53. The summed E-state index contributed by atoms with van der Waals surface area (Å²) in [5, 5.41) is 11.5. The molecule has 0 atom stereocenters. The highest BCUT2D eigenvalue weighted by atomic mass is 35.5. The zero-order valence-electron chi connectivity index (χ0n) is 13.9. The minimum absolute atomic E-state index is 0.145. The van der Waals surface area contributed by atoms with Crippen molar-refractivity contribution in [2.45, 2.75) is 6.92 Å². The first-order valence-electron chi connectivity index (χ1n) is 7.28. The molecule has 26 heavy (non-hydrogen) atoms. The second kappa shape index (κ2) is 8.30. The standard InChI is InChI=1S/C17H14ClNO7/c1-10-3-6-15(13(18)7-10)26-11-4-5-14(19(22)23)12(8-11)17(21)25-9-16(20)24-2/h3-8H,9H2,1-2H3. The molecule has 2 aromatic rings. The Morgan fingerprint density at radius 2 is 1.92 bits per heavy atom. The van der Waals surface area contributed by atoms with E-state index in [4.69, 9.17) is 21.1 Å². The minimum Gasteiger partial charge on any atom is -0.466 e. The van der Waals surface area contributed by atoms with E-state index in [-0.39, 0.29) is 11.3 Å². The Bertz CT molecular complexity index is 866. The molecule has 0 aliphatic carbocycles. The number of ether oxygens (including phenoxy) is 3. The van der Waals surface area contributed by atoms with Crippen molar-refractivity contribution in [3.63, 3.8) is 0 Å². The average molecular weight is 380 g/mol. The summed E-state index contributed by atoms with van der Waals surface area (Å²) in [7, 11) is 1.12. The molecule has 0 amide bonds. The topological polar surface area (TPSA) is 105 Å². The van der Waals surface area contributed by atoms with E-state index in [1.54, 1.807) is 18.2 Å². The van der Waals surface area contributed by atoms with Crippen LogP contribution in [0.4, 0.5) is 5.69 Å². The van der Waals surface area contributed by atoms with Crippen molar-refractivity contribution in [3.05, 3.63) is 62.7 Å². The summed E-state index contributed by atoms with van der Waals surface area (Å²) in [4.78, 5) is 33.5. The smallest absolute Gasteiger partial charge is 0.345 e. The normalized spacial score (nSPS) is 10.1. The molecule has 2 aromatic carbocycles. The molecule has 0 unspecified atom stereocenters. The van der Waals surface area contributed by atoms with Crippen LogP contribution in [0.5, 0.6) is 11.5 Å². The van der Waals surface area contributed by atoms with Crippen molar-refractivity contribution in [1.29, 1.82) is 0 Å². The lowest BCUT2D eigenvalue weighted by Crippen LogP contribution is -2.16. The fourth-order valence-corrected chi connectivity index (χ4v) is 2.25. The van der Waals surface area contributed by atoms with Gasteiger partial charge in [0.1, 0.15) is 17.1 Å². The number of halogens is 1. The van der Waals surface area contributed by atoms with Crippen LogP contribution >= 0.6 is 11.6 Å². The zero-order valence-corrected chi connectivity index (χ0v) is 14.6. The number of nitrogens with zero attached hydrogens (tertiary/aromatic N) is 1. The summed E-state index contributed by atoms with van der Waals surface area (Å²) in [5.41, 5.74) is 0.0833. The number of esters is 2. The quantitative estimate of drug-likeness (QED) is 0.428. The Kier molecular flexibility index (Phi) is 6.13. The van der Waals surface area contributed by atoms with Crippen LogP contribution in [0.1, 0.15) is 15.9 Å². The number of aryl methyl sites for hydroxylation is 1. The van der Waals surface area contributed by atoms with Gasteiger partial charge in [0, 0.05) is 12.1 Å². The van der Waals surface area contributed by atoms with Gasteiger partial charge >= 0.3 is 11.9 Å². The van der Waals surface area contributed by atoms with Gasteiger partial charge in [-0.2, -0.15) is 0 Å². The third kappa shape index (κ3) is 4.70. The molecule has 2 rings (SSSR count). The maximum absolute atomic E-state index is 12.1. The third-order valence-electron chi connectivity index (χ3n) is 3.25. The summed E-state index contributed by atoms with van der Waals surface area (Å²) in [5.74, 6) is -1.38. The van der Waals surface area contributed by atoms with Gasteiger partial charge in [0.15, 0.2) is 6.61 Å². The lowest BCUT2D eigenvalue weighted by molar-refractivity contribution is -0.385. The number of carbonyl (C=O) groups excluding carboxylic acids is 2. The number of benzene rings is 2. The van der Waals surface area contributed by atoms with Crippen molar-refractivity contribution in [3.8, 4) is 11.5 Å². The third-order valence-corrected chi connectivity index (χ3v) is 3.54. The first-order valence-corrected chi connectivity index (χ1v) is 7.66. The van der Waals surface area contributed by atoms with Crippen molar-refractivity contribution >= 4 is 29.2 Å². The highest BCUT2D eigenvalue weighted by molar-refractivity contribution is 6.32. The molecule has 0 N–H and O–H groups in total. The SMILES string of the molecule is COC(=O)COC(=O)c1cc(Oc2ccc(C)cc2Cl)ccc1[N+](=O)[O-]. The van der Waals surface area contributed by atoms with Gasteiger partial charge in [-0.05, 0) is 30.7 Å². The molecule has 0 heterocycles. The number of methoxy groups -OCH3 is 1. The predicted octanol–water partition coefficient (Wildman–Crippen LogP) is 3.68. The number of carbonyl (C=O) groups is 2. The average Bonchev–Trinajstić information content (AvgIpc) is 2.61. The summed E-state index contributed by atoms with van der Waals surface area (Å²) in [6.45, 7) is 1.19. The van der Waals surface area contributed by atoms with Crippen LogP contribution in [0.3, 0.4) is 0 Å². The van der Waals surface area contributed by atoms with Gasteiger partial charge in [-0.3, -0.25) is 10.1 Å². The van der Waals surface area contributed by atoms with Crippen LogP contribution < -0.4 is 4.74 Å². The molecule has 0 fully saturated rings. The Morgan fingerprint density at radius 1 is 1.19 bits per heavy atom. The molecule has 0 saturated carbocycles. The van der Waals surface area contributed by atoms with E-state index in [9.17, 15) is 19.7 Å². The first kappa shape index (κ1) is 19.2. The van der Waals surface area contributed by atoms with Crippen LogP contribution in [-0.2, 0) is 14.3 Å². The maximum Gasteiger partial charge on any atom is 0.345 e. The molecule has 136 valence electrons. The molecular formula is C17H14ClNO7. The first-order chi connectivity index (χ1) is 12.3. The summed E-state index contributed by atoms with van der Waals surface area (Å²) < 4.78 is 14.6. The highest BCUT2D eigenvalue weighted by Gasteiger charge is 2.23. The van der Waals surface area contributed by atoms with E-state index < -0.39 is 29.2 Å². The number of hydrogen-bond donors (Lipinski definition) is 0. The number of rotatable bonds is 6. The van der Waals surface area contributed by atoms with Crippen LogP contribution in [-0.4, -0.2) is 30.6 Å². The monoisotopic (exact) mass is 379 g/mol. The largest absolute Gasteiger partial charge is 0.466 e. The Labute approximate surface area is 153 Å². The molecule has 0 radical (unpaired) electrons. The molecule has 0 aromatic heterocycles. The van der Waals surface area contributed by atoms with E-state index in [2.05, 4.69) is 4.74 Å². The lowest BCUT2D eigenvalue weighted by Gasteiger charge is -2.10. The van der Waals surface area contributed by atoms with Crippen LogP contribution in [0.15, 0.2) is 36.4 Å². The van der Waals surface area contributed by atoms with Gasteiger partial charge in [-0.25, -0.2) is 9.59 Å². The fourth-order valence-electron chi connectivity index (χ4n) is 1.98. The van der Waals surface area contributed by atoms with E-state index in [0.29, 0.717) is 10.8 Å². The second-order valence-electron chi connectivity index (χ2n) is 5.12. The molecule has 9 heteroatoms. The summed E-state index contributed by atoms with van der Waals surface area (Å²) in [6, 6.07) is 8.67. The van der Waals surface area contributed by atoms with Crippen LogP contribution in [0.2, 0.25) is 5.02 Å². The maximum atomic E-state index is 12.1. The lowest BCUT2D eigenvalue weighted by atomic mass is 10.1. The van der Waals surface area contributed by atoms with Gasteiger partial charge in [0.25, 0.3) is 5.69 Å². The number of hydrogen-bond acceptors (Lipinski definition) is 7.